The number of thiophene rings is 1. The van der Waals surface area contributed by atoms with E-state index in [4.69, 9.17) is 12.2 Å². The summed E-state index contributed by atoms with van der Waals surface area (Å²) in [5.41, 5.74) is 0.656. The Bertz CT molecular complexity index is 729. The van der Waals surface area contributed by atoms with Crippen LogP contribution in [0.3, 0.4) is 0 Å². The lowest BCUT2D eigenvalue weighted by Gasteiger charge is -2.41. The summed E-state index contributed by atoms with van der Waals surface area (Å²) in [6, 6.07) is 11.0. The average molecular weight is 407 g/mol. The number of hydrogen-bond donors (Lipinski definition) is 2. The van der Waals surface area contributed by atoms with E-state index in [1.54, 1.807) is 17.4 Å². The first-order chi connectivity index (χ1) is 13.1. The quantitative estimate of drug-likeness (QED) is 0.710. The van der Waals surface area contributed by atoms with Gasteiger partial charge in [-0.05, 0) is 55.3 Å². The van der Waals surface area contributed by atoms with Crippen molar-refractivity contribution in [2.45, 2.75) is 25.9 Å². The first-order valence-electron chi connectivity index (χ1n) is 9.39. The largest absolute Gasteiger partial charge is 0.358 e. The number of benzene rings is 1. The molecule has 7 heteroatoms. The zero-order valence-electron chi connectivity index (χ0n) is 15.8. The molecule has 1 aliphatic heterocycles. The van der Waals surface area contributed by atoms with Crippen molar-refractivity contribution in [3.05, 3.63) is 52.5 Å². The van der Waals surface area contributed by atoms with Crippen LogP contribution in [0, 0.1) is 5.82 Å². The summed E-state index contributed by atoms with van der Waals surface area (Å²) >= 11 is 7.26. The topological polar surface area (TPSA) is 30.5 Å². The number of rotatable bonds is 6. The Morgan fingerprint density at radius 2 is 2.00 bits per heavy atom. The molecular formula is C20H27FN4S2. The second-order valence-corrected chi connectivity index (χ2v) is 8.22. The van der Waals surface area contributed by atoms with Gasteiger partial charge in [0.25, 0.3) is 0 Å². The van der Waals surface area contributed by atoms with Gasteiger partial charge in [-0.2, -0.15) is 0 Å². The molecule has 146 valence electrons. The van der Waals surface area contributed by atoms with Gasteiger partial charge in [-0.1, -0.05) is 19.1 Å². The molecule has 2 aromatic rings. The normalized spacial score (nSPS) is 18.0. The van der Waals surface area contributed by atoms with Gasteiger partial charge in [0, 0.05) is 42.8 Å². The number of hydrogen-bond acceptors (Lipinski definition) is 4. The van der Waals surface area contributed by atoms with Crippen LogP contribution in [-0.4, -0.2) is 53.7 Å². The lowest BCUT2D eigenvalue weighted by Crippen LogP contribution is -2.52. The predicted octanol–water partition coefficient (Wildman–Crippen LogP) is 3.94. The van der Waals surface area contributed by atoms with Gasteiger partial charge in [0.1, 0.15) is 5.82 Å². The van der Waals surface area contributed by atoms with Crippen molar-refractivity contribution in [3.8, 4) is 0 Å². The maximum absolute atomic E-state index is 13.4. The van der Waals surface area contributed by atoms with Crippen molar-refractivity contribution >= 4 is 34.4 Å². The van der Waals surface area contributed by atoms with Gasteiger partial charge in [0.15, 0.2) is 5.11 Å². The first kappa shape index (κ1) is 20.2. The fourth-order valence-corrected chi connectivity index (χ4v) is 4.85. The van der Waals surface area contributed by atoms with Crippen LogP contribution in [0.1, 0.15) is 24.8 Å². The monoisotopic (exact) mass is 406 g/mol. The Balaban J connectivity index is 1.66. The number of likely N-dealkylation sites (N-methyl/N-ethyl adjacent to an activating group) is 1. The first-order valence-corrected chi connectivity index (χ1v) is 10.7. The van der Waals surface area contributed by atoms with Gasteiger partial charge >= 0.3 is 0 Å². The number of nitrogens with zero attached hydrogens (tertiary/aromatic N) is 2. The van der Waals surface area contributed by atoms with Crippen LogP contribution >= 0.6 is 23.6 Å². The van der Waals surface area contributed by atoms with Gasteiger partial charge in [-0.3, -0.25) is 4.90 Å². The molecule has 1 fully saturated rings. The van der Waals surface area contributed by atoms with Crippen molar-refractivity contribution in [1.29, 1.82) is 0 Å². The Labute approximate surface area is 170 Å². The van der Waals surface area contributed by atoms with E-state index in [1.807, 2.05) is 6.07 Å². The summed E-state index contributed by atoms with van der Waals surface area (Å²) in [6.07, 6.45) is 0. The highest BCUT2D eigenvalue weighted by Crippen LogP contribution is 2.29. The molecule has 0 saturated carbocycles. The zero-order chi connectivity index (χ0) is 19.2. The number of piperazine rings is 1. The summed E-state index contributed by atoms with van der Waals surface area (Å²) in [6.45, 7) is 9.77. The Morgan fingerprint density at radius 1 is 1.22 bits per heavy atom. The van der Waals surface area contributed by atoms with E-state index in [9.17, 15) is 4.39 Å². The molecule has 0 aliphatic carbocycles. The van der Waals surface area contributed by atoms with Crippen LogP contribution in [0.2, 0.25) is 0 Å². The van der Waals surface area contributed by atoms with Gasteiger partial charge in [-0.25, -0.2) is 4.39 Å². The van der Waals surface area contributed by atoms with E-state index in [2.05, 4.69) is 51.8 Å². The molecule has 1 aliphatic rings. The fraction of sp³-hybridized carbons (Fsp3) is 0.450. The summed E-state index contributed by atoms with van der Waals surface area (Å²) in [5, 5.41) is 9.14. The molecule has 0 bridgehead atoms. The Morgan fingerprint density at radius 3 is 2.63 bits per heavy atom. The molecule has 2 heterocycles. The molecule has 0 unspecified atom stereocenters. The highest BCUT2D eigenvalue weighted by Gasteiger charge is 2.30. The Kier molecular flexibility index (Phi) is 7.18. The van der Waals surface area contributed by atoms with E-state index in [-0.39, 0.29) is 17.9 Å². The zero-order valence-corrected chi connectivity index (χ0v) is 17.5. The summed E-state index contributed by atoms with van der Waals surface area (Å²) < 4.78 is 13.4. The van der Waals surface area contributed by atoms with Crippen molar-refractivity contribution in [1.82, 2.24) is 15.1 Å². The Hall–Kier alpha value is -1.54. The minimum absolute atomic E-state index is 0.130. The molecule has 2 atom stereocenters. The minimum Gasteiger partial charge on any atom is -0.358 e. The second-order valence-electron chi connectivity index (χ2n) is 6.83. The van der Waals surface area contributed by atoms with E-state index in [0.29, 0.717) is 10.8 Å². The van der Waals surface area contributed by atoms with Gasteiger partial charge in [-0.15, -0.1) is 11.3 Å². The third kappa shape index (κ3) is 5.48. The minimum atomic E-state index is -0.277. The van der Waals surface area contributed by atoms with Crippen molar-refractivity contribution in [2.24, 2.45) is 0 Å². The highest BCUT2D eigenvalue weighted by atomic mass is 32.1. The molecule has 1 aromatic carbocycles. The van der Waals surface area contributed by atoms with Crippen molar-refractivity contribution in [3.63, 3.8) is 0 Å². The van der Waals surface area contributed by atoms with Crippen LogP contribution in [0.5, 0.6) is 0 Å². The van der Waals surface area contributed by atoms with Crippen LogP contribution in [0.15, 0.2) is 41.8 Å². The van der Waals surface area contributed by atoms with Gasteiger partial charge in [0.05, 0.1) is 6.04 Å². The average Bonchev–Trinajstić information content (AvgIpc) is 3.16. The fourth-order valence-electron chi connectivity index (χ4n) is 3.58. The van der Waals surface area contributed by atoms with E-state index < -0.39 is 0 Å². The van der Waals surface area contributed by atoms with Crippen LogP contribution < -0.4 is 10.6 Å². The van der Waals surface area contributed by atoms with Crippen molar-refractivity contribution < 1.29 is 4.39 Å². The smallest absolute Gasteiger partial charge is 0.171 e. The molecular weight excluding hydrogens is 379 g/mol. The summed E-state index contributed by atoms with van der Waals surface area (Å²) in [7, 11) is 0. The van der Waals surface area contributed by atoms with Gasteiger partial charge in [0.2, 0.25) is 0 Å². The van der Waals surface area contributed by atoms with Gasteiger partial charge < -0.3 is 15.5 Å². The standard InChI is InChI=1S/C20H27FN4S2/c1-3-24-9-11-25(12-10-24)19(18-8-5-13-27-18)15(2)22-20(26)23-17-7-4-6-16(21)14-17/h4-8,13-15,19H,3,9-12H2,1-2H3,(H2,22,23,26)/t15-,19-/m0/s1. The summed E-state index contributed by atoms with van der Waals surface area (Å²) in [5.74, 6) is -0.277. The van der Waals surface area contributed by atoms with E-state index in [0.717, 1.165) is 32.7 Å². The maximum atomic E-state index is 13.4. The summed E-state index contributed by atoms with van der Waals surface area (Å²) in [4.78, 5) is 6.37. The lowest BCUT2D eigenvalue weighted by molar-refractivity contribution is 0.0883. The number of anilines is 1. The third-order valence-corrected chi connectivity index (χ3v) is 6.16. The molecule has 2 N–H and O–H groups in total. The molecule has 0 amide bonds. The molecule has 0 spiro atoms. The second kappa shape index (κ2) is 9.59. The van der Waals surface area contributed by atoms with Crippen LogP contribution in [0.25, 0.3) is 0 Å². The van der Waals surface area contributed by atoms with Crippen LogP contribution in [0.4, 0.5) is 10.1 Å². The molecule has 1 aromatic heterocycles. The number of thiocarbonyl (C=S) groups is 1. The van der Waals surface area contributed by atoms with E-state index >= 15 is 0 Å². The molecule has 1 saturated heterocycles. The molecule has 4 nitrogen and oxygen atoms in total. The molecule has 27 heavy (non-hydrogen) atoms. The number of halogens is 1. The van der Waals surface area contributed by atoms with Crippen LogP contribution in [-0.2, 0) is 0 Å². The highest BCUT2D eigenvalue weighted by molar-refractivity contribution is 7.80. The maximum Gasteiger partial charge on any atom is 0.171 e. The number of nitrogens with one attached hydrogen (secondary N) is 2. The SMILES string of the molecule is CCN1CCN([C@H](c2cccs2)[C@H](C)NC(=S)Nc2cccc(F)c2)CC1. The van der Waals surface area contributed by atoms with E-state index in [1.165, 1.54) is 17.0 Å². The molecule has 3 rings (SSSR count). The molecule has 0 radical (unpaired) electrons. The third-order valence-electron chi connectivity index (χ3n) is 5.00. The van der Waals surface area contributed by atoms with Crippen molar-refractivity contribution in [2.75, 3.05) is 38.0 Å². The lowest BCUT2D eigenvalue weighted by atomic mass is 10.1. The predicted molar refractivity (Wildman–Crippen MR) is 116 cm³/mol.